The van der Waals surface area contributed by atoms with Crippen LogP contribution in [0, 0.1) is 17.8 Å². The molecule has 1 saturated carbocycles. The number of aryl methyl sites for hydroxylation is 1. The van der Waals surface area contributed by atoms with E-state index in [1.807, 2.05) is 61.5 Å². The van der Waals surface area contributed by atoms with Crippen LogP contribution in [0.5, 0.6) is 0 Å². The van der Waals surface area contributed by atoms with Gasteiger partial charge in [0.2, 0.25) is 0 Å². The molecule has 4 rings (SSSR count). The van der Waals surface area contributed by atoms with E-state index in [-0.39, 0.29) is 12.8 Å². The van der Waals surface area contributed by atoms with Gasteiger partial charge in [-0.1, -0.05) is 54.1 Å². The molecule has 0 radical (unpaired) electrons. The van der Waals surface area contributed by atoms with E-state index in [0.29, 0.717) is 22.7 Å². The molecular formula is C27H26O7. The third-order valence-corrected chi connectivity index (χ3v) is 6.50. The average molecular weight is 462 g/mol. The number of carbonyl (C=O) groups excluding carboxylic acids is 3. The molecule has 0 N–H and O–H groups in total. The second kappa shape index (κ2) is 8.82. The number of ether oxygens (including phenoxy) is 4. The van der Waals surface area contributed by atoms with Gasteiger partial charge >= 0.3 is 17.9 Å². The molecule has 2 aliphatic rings. The van der Waals surface area contributed by atoms with Gasteiger partial charge in [0.15, 0.2) is 5.41 Å². The highest BCUT2D eigenvalue weighted by Crippen LogP contribution is 2.60. The van der Waals surface area contributed by atoms with Crippen molar-refractivity contribution in [3.05, 3.63) is 82.9 Å². The van der Waals surface area contributed by atoms with E-state index < -0.39 is 28.7 Å². The van der Waals surface area contributed by atoms with Gasteiger partial charge in [0, 0.05) is 17.5 Å². The lowest BCUT2D eigenvalue weighted by Crippen LogP contribution is -2.41. The summed E-state index contributed by atoms with van der Waals surface area (Å²) in [6.07, 6.45) is 1.35. The van der Waals surface area contributed by atoms with Crippen LogP contribution in [0.2, 0.25) is 0 Å². The van der Waals surface area contributed by atoms with E-state index in [1.165, 1.54) is 21.3 Å². The molecule has 0 bridgehead atoms. The molecule has 2 aromatic carbocycles. The molecule has 0 saturated heterocycles. The van der Waals surface area contributed by atoms with Crippen LogP contribution in [0.25, 0.3) is 11.5 Å². The maximum atomic E-state index is 13.4. The van der Waals surface area contributed by atoms with E-state index in [9.17, 15) is 14.4 Å². The minimum atomic E-state index is -1.73. The summed E-state index contributed by atoms with van der Waals surface area (Å²) in [6, 6.07) is 16.9. The number of hydrogen-bond donors (Lipinski definition) is 0. The van der Waals surface area contributed by atoms with Gasteiger partial charge in [0.25, 0.3) is 0 Å². The first-order chi connectivity index (χ1) is 16.3. The Morgan fingerprint density at radius 3 is 2.03 bits per heavy atom. The molecule has 176 valence electrons. The highest BCUT2D eigenvalue weighted by molar-refractivity contribution is 6.05. The molecule has 1 heterocycles. The highest BCUT2D eigenvalue weighted by Gasteiger charge is 2.66. The second-order valence-electron chi connectivity index (χ2n) is 8.54. The third-order valence-electron chi connectivity index (χ3n) is 6.50. The number of benzene rings is 2. The van der Waals surface area contributed by atoms with Gasteiger partial charge in [-0.3, -0.25) is 14.4 Å². The van der Waals surface area contributed by atoms with Crippen LogP contribution in [0.15, 0.2) is 66.2 Å². The molecule has 7 nitrogen and oxygen atoms in total. The number of rotatable bonds is 5. The summed E-state index contributed by atoms with van der Waals surface area (Å²) >= 11 is 0. The Hall–Kier alpha value is -3.87. The molecule has 1 atom stereocenters. The smallest absolute Gasteiger partial charge is 0.323 e. The van der Waals surface area contributed by atoms with Gasteiger partial charge in [-0.2, -0.15) is 0 Å². The number of methoxy groups -OCH3 is 3. The van der Waals surface area contributed by atoms with Crippen molar-refractivity contribution in [2.45, 2.75) is 19.8 Å². The van der Waals surface area contributed by atoms with Crippen molar-refractivity contribution in [3.63, 3.8) is 0 Å². The second-order valence-corrected chi connectivity index (χ2v) is 8.54. The standard InChI is InChI=1S/C27H26O7/c1-17-9-8-12-19(13-17)21-15-26(23(28)31-2)16-27(24(29)32-3,25(30)33-4)14-20(26)22(34-21)18-10-6-5-7-11-18/h5-13,15H,14,16H2,1-4H3. The Kier molecular flexibility index (Phi) is 6.04. The molecule has 0 spiro atoms. The van der Waals surface area contributed by atoms with E-state index in [2.05, 4.69) is 0 Å². The SMILES string of the molecule is COC(=O)C12C=C(c3cccc(C)c3)OC(c3ccccc3)=C1CC(C(=O)OC)(C(=O)OC)C2. The van der Waals surface area contributed by atoms with Crippen LogP contribution in [0.1, 0.15) is 29.5 Å². The Labute approximate surface area is 198 Å². The zero-order chi connectivity index (χ0) is 24.5. The molecule has 1 fully saturated rings. The van der Waals surface area contributed by atoms with Gasteiger partial charge < -0.3 is 18.9 Å². The summed E-state index contributed by atoms with van der Waals surface area (Å²) in [5.74, 6) is -1.31. The van der Waals surface area contributed by atoms with E-state index in [0.717, 1.165) is 11.1 Å². The quantitative estimate of drug-likeness (QED) is 0.376. The predicted molar refractivity (Wildman–Crippen MR) is 124 cm³/mol. The lowest BCUT2D eigenvalue weighted by Gasteiger charge is -2.32. The number of carbonyl (C=O) groups is 3. The number of hydrogen-bond acceptors (Lipinski definition) is 7. The Balaban J connectivity index is 2.03. The summed E-state index contributed by atoms with van der Waals surface area (Å²) in [5, 5.41) is 0. The highest BCUT2D eigenvalue weighted by atomic mass is 16.5. The van der Waals surface area contributed by atoms with Gasteiger partial charge in [-0.05, 0) is 31.1 Å². The first-order valence-electron chi connectivity index (χ1n) is 10.8. The van der Waals surface area contributed by atoms with Crippen molar-refractivity contribution in [1.82, 2.24) is 0 Å². The summed E-state index contributed by atoms with van der Waals surface area (Å²) in [6.45, 7) is 1.96. The largest absolute Gasteiger partial charge is 0.468 e. The van der Waals surface area contributed by atoms with Crippen LogP contribution < -0.4 is 0 Å². The molecule has 0 amide bonds. The molecular weight excluding hydrogens is 436 g/mol. The van der Waals surface area contributed by atoms with Crippen molar-refractivity contribution in [1.29, 1.82) is 0 Å². The normalized spacial score (nSPS) is 20.5. The first kappa shape index (κ1) is 23.3. The first-order valence-corrected chi connectivity index (χ1v) is 10.8. The molecule has 1 aliphatic carbocycles. The number of fused-ring (bicyclic) bond motifs is 1. The maximum Gasteiger partial charge on any atom is 0.323 e. The average Bonchev–Trinajstić information content (AvgIpc) is 3.24. The van der Waals surface area contributed by atoms with E-state index in [1.54, 1.807) is 6.08 Å². The van der Waals surface area contributed by atoms with Gasteiger partial charge in [-0.15, -0.1) is 0 Å². The topological polar surface area (TPSA) is 88.1 Å². The van der Waals surface area contributed by atoms with Crippen molar-refractivity contribution in [2.24, 2.45) is 10.8 Å². The lowest BCUT2D eigenvalue weighted by molar-refractivity contribution is -0.169. The van der Waals surface area contributed by atoms with Crippen LogP contribution in [0.4, 0.5) is 0 Å². The van der Waals surface area contributed by atoms with Gasteiger partial charge in [0.05, 0.1) is 21.3 Å². The van der Waals surface area contributed by atoms with Crippen LogP contribution in [0.3, 0.4) is 0 Å². The zero-order valence-corrected chi connectivity index (χ0v) is 19.5. The molecule has 7 heteroatoms. The van der Waals surface area contributed by atoms with Crippen molar-refractivity contribution < 1.29 is 33.3 Å². The van der Waals surface area contributed by atoms with Crippen LogP contribution in [-0.4, -0.2) is 39.2 Å². The minimum Gasteiger partial charge on any atom is -0.468 e. The molecule has 1 aliphatic heterocycles. The van der Waals surface area contributed by atoms with Crippen molar-refractivity contribution in [2.75, 3.05) is 21.3 Å². The Bertz CT molecular complexity index is 1190. The lowest BCUT2D eigenvalue weighted by atomic mass is 9.76. The van der Waals surface area contributed by atoms with Crippen molar-refractivity contribution >= 4 is 29.4 Å². The fourth-order valence-corrected chi connectivity index (χ4v) is 4.91. The van der Waals surface area contributed by atoms with E-state index in [4.69, 9.17) is 18.9 Å². The van der Waals surface area contributed by atoms with Gasteiger partial charge in [-0.25, -0.2) is 0 Å². The molecule has 2 aromatic rings. The van der Waals surface area contributed by atoms with Crippen molar-refractivity contribution in [3.8, 4) is 0 Å². The molecule has 0 aromatic heterocycles. The summed E-state index contributed by atoms with van der Waals surface area (Å²) < 4.78 is 21.7. The third kappa shape index (κ3) is 3.57. The Morgan fingerprint density at radius 2 is 1.44 bits per heavy atom. The molecule has 1 unspecified atom stereocenters. The maximum absolute atomic E-state index is 13.4. The van der Waals surface area contributed by atoms with Gasteiger partial charge in [0.1, 0.15) is 16.9 Å². The van der Waals surface area contributed by atoms with Crippen LogP contribution in [-0.2, 0) is 33.3 Å². The summed E-state index contributed by atoms with van der Waals surface area (Å²) in [4.78, 5) is 39.5. The zero-order valence-electron chi connectivity index (χ0n) is 19.5. The number of esters is 3. The summed E-state index contributed by atoms with van der Waals surface area (Å²) in [5.41, 5.74) is -0.221. The minimum absolute atomic E-state index is 0.108. The fourth-order valence-electron chi connectivity index (χ4n) is 4.91. The monoisotopic (exact) mass is 462 g/mol. The Morgan fingerprint density at radius 1 is 0.824 bits per heavy atom. The van der Waals surface area contributed by atoms with E-state index >= 15 is 0 Å². The van der Waals surface area contributed by atoms with Crippen LogP contribution >= 0.6 is 0 Å². The predicted octanol–water partition coefficient (Wildman–Crippen LogP) is 4.06. The summed E-state index contributed by atoms with van der Waals surface area (Å²) in [7, 11) is 3.69. The molecule has 34 heavy (non-hydrogen) atoms. The fraction of sp³-hybridized carbons (Fsp3) is 0.296.